The summed E-state index contributed by atoms with van der Waals surface area (Å²) in [6.07, 6.45) is 8.14. The van der Waals surface area contributed by atoms with Gasteiger partial charge in [-0.2, -0.15) is 0 Å². The fraction of sp³-hybridized carbons (Fsp3) is 0.172. The molecule has 0 fully saturated rings. The maximum Gasteiger partial charge on any atom is -0.00269 e. The van der Waals surface area contributed by atoms with Gasteiger partial charge in [-0.3, -0.25) is 0 Å². The van der Waals surface area contributed by atoms with Gasteiger partial charge in [-0.05, 0) is 59.6 Å². The Bertz CT molecular complexity index is 1060. The number of hydrogen-bond acceptors (Lipinski definition) is 0. The Morgan fingerprint density at radius 3 is 1.72 bits per heavy atom. The second-order valence-corrected chi connectivity index (χ2v) is 8.09. The van der Waals surface area contributed by atoms with Crippen molar-refractivity contribution in [3.8, 4) is 0 Å². The Morgan fingerprint density at radius 1 is 0.655 bits per heavy atom. The molecule has 0 saturated carbocycles. The van der Waals surface area contributed by atoms with Gasteiger partial charge in [0, 0.05) is 0 Å². The molecule has 0 aliphatic heterocycles. The molecule has 1 aliphatic carbocycles. The van der Waals surface area contributed by atoms with Gasteiger partial charge >= 0.3 is 0 Å². The minimum atomic E-state index is 0.547. The number of benzene rings is 3. The molecule has 3 aromatic carbocycles. The Morgan fingerprint density at radius 2 is 1.17 bits per heavy atom. The fourth-order valence-electron chi connectivity index (χ4n) is 3.96. The maximum absolute atomic E-state index is 2.42. The highest BCUT2D eigenvalue weighted by molar-refractivity contribution is 6.05. The second-order valence-electron chi connectivity index (χ2n) is 8.09. The first-order chi connectivity index (χ1) is 14.1. The summed E-state index contributed by atoms with van der Waals surface area (Å²) in [5.74, 6) is 0.547. The van der Waals surface area contributed by atoms with Crippen LogP contribution in [0.5, 0.6) is 0 Å². The number of allylic oxidation sites excluding steroid dienone is 5. The fourth-order valence-corrected chi connectivity index (χ4v) is 3.96. The molecule has 1 unspecified atom stereocenters. The zero-order chi connectivity index (χ0) is 20.2. The Balaban J connectivity index is 2.05. The third-order valence-electron chi connectivity index (χ3n) is 5.55. The standard InChI is InChI=1S/C29H28/c1-21-12-16-25(17-13-21)28(24-9-5-4-6-10-24)29(26-18-14-22(2)15-19-26)27-11-7-8-23(3)20-27/h4-7,9-20,23H,8H2,1-3H3. The van der Waals surface area contributed by atoms with Crippen molar-refractivity contribution >= 4 is 11.1 Å². The minimum Gasteiger partial charge on any atom is -0.0834 e. The van der Waals surface area contributed by atoms with E-state index in [0.29, 0.717) is 5.92 Å². The number of hydrogen-bond donors (Lipinski definition) is 0. The maximum atomic E-state index is 2.42. The first-order valence-corrected chi connectivity index (χ1v) is 10.4. The summed E-state index contributed by atoms with van der Waals surface area (Å²) in [6, 6.07) is 28.7. The van der Waals surface area contributed by atoms with Gasteiger partial charge < -0.3 is 0 Å². The van der Waals surface area contributed by atoms with Crippen molar-refractivity contribution in [1.29, 1.82) is 0 Å². The van der Waals surface area contributed by atoms with Crippen LogP contribution < -0.4 is 0 Å². The zero-order valence-corrected chi connectivity index (χ0v) is 17.5. The van der Waals surface area contributed by atoms with Gasteiger partial charge in [-0.25, -0.2) is 0 Å². The number of rotatable bonds is 4. The van der Waals surface area contributed by atoms with Crippen LogP contribution in [-0.4, -0.2) is 0 Å². The van der Waals surface area contributed by atoms with Crippen molar-refractivity contribution in [1.82, 2.24) is 0 Å². The normalized spacial score (nSPS) is 16.9. The number of aryl methyl sites for hydroxylation is 2. The quantitative estimate of drug-likeness (QED) is 0.408. The highest BCUT2D eigenvalue weighted by atomic mass is 14.2. The van der Waals surface area contributed by atoms with E-state index in [0.717, 1.165) is 6.42 Å². The van der Waals surface area contributed by atoms with E-state index >= 15 is 0 Å². The monoisotopic (exact) mass is 376 g/mol. The summed E-state index contributed by atoms with van der Waals surface area (Å²) in [4.78, 5) is 0. The predicted octanol–water partition coefficient (Wildman–Crippen LogP) is 7.78. The summed E-state index contributed by atoms with van der Waals surface area (Å²) in [6.45, 7) is 6.59. The second kappa shape index (κ2) is 8.49. The van der Waals surface area contributed by atoms with E-state index in [4.69, 9.17) is 0 Å². The van der Waals surface area contributed by atoms with Gasteiger partial charge in [0.25, 0.3) is 0 Å². The molecule has 0 radical (unpaired) electrons. The van der Waals surface area contributed by atoms with Crippen molar-refractivity contribution in [2.24, 2.45) is 5.92 Å². The van der Waals surface area contributed by atoms with Crippen LogP contribution in [0.3, 0.4) is 0 Å². The van der Waals surface area contributed by atoms with Gasteiger partial charge in [0.05, 0.1) is 0 Å². The highest BCUT2D eigenvalue weighted by Gasteiger charge is 2.18. The lowest BCUT2D eigenvalue weighted by molar-refractivity contribution is 0.733. The van der Waals surface area contributed by atoms with Gasteiger partial charge in [-0.15, -0.1) is 0 Å². The van der Waals surface area contributed by atoms with Crippen molar-refractivity contribution < 1.29 is 0 Å². The largest absolute Gasteiger partial charge is 0.0834 e. The van der Waals surface area contributed by atoms with E-state index in [9.17, 15) is 0 Å². The van der Waals surface area contributed by atoms with Crippen LogP contribution >= 0.6 is 0 Å². The van der Waals surface area contributed by atoms with E-state index in [2.05, 4.69) is 118 Å². The average molecular weight is 377 g/mol. The molecule has 3 aromatic rings. The van der Waals surface area contributed by atoms with E-state index in [-0.39, 0.29) is 0 Å². The Kier molecular flexibility index (Phi) is 5.62. The predicted molar refractivity (Wildman–Crippen MR) is 126 cm³/mol. The molecule has 0 amide bonds. The van der Waals surface area contributed by atoms with Crippen molar-refractivity contribution in [3.05, 3.63) is 130 Å². The average Bonchev–Trinajstić information content (AvgIpc) is 2.74. The lowest BCUT2D eigenvalue weighted by Crippen LogP contribution is -2.02. The summed E-state index contributed by atoms with van der Waals surface area (Å²) >= 11 is 0. The molecule has 144 valence electrons. The van der Waals surface area contributed by atoms with Crippen molar-refractivity contribution in [3.63, 3.8) is 0 Å². The van der Waals surface area contributed by atoms with E-state index < -0.39 is 0 Å². The first-order valence-electron chi connectivity index (χ1n) is 10.4. The van der Waals surface area contributed by atoms with E-state index in [1.54, 1.807) is 0 Å². The van der Waals surface area contributed by atoms with Crippen LogP contribution in [0.2, 0.25) is 0 Å². The van der Waals surface area contributed by atoms with Crippen molar-refractivity contribution in [2.45, 2.75) is 27.2 Å². The lowest BCUT2D eigenvalue weighted by Gasteiger charge is -2.21. The topological polar surface area (TPSA) is 0 Å². The SMILES string of the molecule is Cc1ccc(C(C2=CC(C)CC=C2)=C(c2ccccc2)c2ccc(C)cc2)cc1. The van der Waals surface area contributed by atoms with Gasteiger partial charge in [0.1, 0.15) is 0 Å². The molecule has 0 nitrogen and oxygen atoms in total. The van der Waals surface area contributed by atoms with Gasteiger partial charge in [0.15, 0.2) is 0 Å². The first kappa shape index (κ1) is 19.2. The zero-order valence-electron chi connectivity index (χ0n) is 17.5. The molecule has 0 aromatic heterocycles. The van der Waals surface area contributed by atoms with Crippen LogP contribution in [0, 0.1) is 19.8 Å². The smallest absolute Gasteiger partial charge is 0.00269 e. The van der Waals surface area contributed by atoms with Crippen LogP contribution in [0.1, 0.15) is 41.2 Å². The molecule has 0 bridgehead atoms. The molecule has 4 rings (SSSR count). The van der Waals surface area contributed by atoms with Crippen molar-refractivity contribution in [2.75, 3.05) is 0 Å². The lowest BCUT2D eigenvalue weighted by atomic mass is 9.82. The molecule has 29 heavy (non-hydrogen) atoms. The minimum absolute atomic E-state index is 0.547. The van der Waals surface area contributed by atoms with Gasteiger partial charge in [0.2, 0.25) is 0 Å². The highest BCUT2D eigenvalue weighted by Crippen LogP contribution is 2.39. The summed E-state index contributed by atoms with van der Waals surface area (Å²) in [7, 11) is 0. The molecule has 0 spiro atoms. The van der Waals surface area contributed by atoms with Crippen LogP contribution in [-0.2, 0) is 0 Å². The van der Waals surface area contributed by atoms with Crippen LogP contribution in [0.4, 0.5) is 0 Å². The summed E-state index contributed by atoms with van der Waals surface area (Å²) in [5, 5.41) is 0. The van der Waals surface area contributed by atoms with Crippen LogP contribution in [0.15, 0.2) is 103 Å². The van der Waals surface area contributed by atoms with E-state index in [1.165, 1.54) is 44.5 Å². The molecular formula is C29H28. The van der Waals surface area contributed by atoms with Gasteiger partial charge in [-0.1, -0.05) is 115 Å². The molecule has 0 heterocycles. The summed E-state index contributed by atoms with van der Waals surface area (Å²) in [5.41, 5.74) is 10.2. The Labute approximate surface area is 174 Å². The van der Waals surface area contributed by atoms with Crippen LogP contribution in [0.25, 0.3) is 11.1 Å². The molecule has 0 saturated heterocycles. The molecular weight excluding hydrogens is 348 g/mol. The van der Waals surface area contributed by atoms with E-state index in [1.807, 2.05) is 0 Å². The summed E-state index contributed by atoms with van der Waals surface area (Å²) < 4.78 is 0. The molecule has 1 aliphatic rings. The third-order valence-corrected chi connectivity index (χ3v) is 5.55. The molecule has 0 N–H and O–H groups in total. The third kappa shape index (κ3) is 4.32. The molecule has 1 atom stereocenters. The molecule has 0 heteroatoms. The Hall–Kier alpha value is -3.12.